The molecular formula is C17H20N4O2. The first kappa shape index (κ1) is 15.4. The number of carbonyl (C=O) groups is 1. The first-order valence-electron chi connectivity index (χ1n) is 7.80. The molecule has 6 nitrogen and oxygen atoms in total. The van der Waals surface area contributed by atoms with E-state index < -0.39 is 0 Å². The monoisotopic (exact) mass is 312 g/mol. The Hall–Kier alpha value is -2.47. The van der Waals surface area contributed by atoms with Gasteiger partial charge in [-0.15, -0.1) is 10.2 Å². The van der Waals surface area contributed by atoms with Gasteiger partial charge in [-0.25, -0.2) is 0 Å². The second-order valence-electron chi connectivity index (χ2n) is 5.61. The topological polar surface area (TPSA) is 76.1 Å². The van der Waals surface area contributed by atoms with Gasteiger partial charge in [0.25, 0.3) is 5.91 Å². The van der Waals surface area contributed by atoms with Crippen LogP contribution in [-0.4, -0.2) is 34.9 Å². The Labute approximate surface area is 135 Å². The molecule has 1 aromatic carbocycles. The predicted octanol–water partition coefficient (Wildman–Crippen LogP) is 2.71. The van der Waals surface area contributed by atoms with Crippen LogP contribution in [0.25, 0.3) is 0 Å². The van der Waals surface area contributed by atoms with Gasteiger partial charge in [0, 0.05) is 12.3 Å². The highest BCUT2D eigenvalue weighted by atomic mass is 16.5. The molecule has 1 aromatic heterocycles. The largest absolute Gasteiger partial charge is 0.376 e. The number of para-hydroxylation sites is 1. The van der Waals surface area contributed by atoms with E-state index in [1.165, 1.54) is 0 Å². The van der Waals surface area contributed by atoms with Gasteiger partial charge in [-0.05, 0) is 44.0 Å². The Bertz CT molecular complexity index is 639. The first-order valence-corrected chi connectivity index (χ1v) is 7.80. The van der Waals surface area contributed by atoms with Crippen molar-refractivity contribution in [2.75, 3.05) is 17.2 Å². The number of amides is 1. The van der Waals surface area contributed by atoms with Gasteiger partial charge in [0.15, 0.2) is 5.69 Å². The molecule has 0 saturated carbocycles. The maximum Gasteiger partial charge on any atom is 0.276 e. The van der Waals surface area contributed by atoms with Crippen molar-refractivity contribution in [3.8, 4) is 0 Å². The van der Waals surface area contributed by atoms with Crippen LogP contribution < -0.4 is 10.6 Å². The second kappa shape index (κ2) is 7.19. The van der Waals surface area contributed by atoms with E-state index in [9.17, 15) is 4.79 Å². The number of hydrogen-bond donors (Lipinski definition) is 2. The third-order valence-corrected chi connectivity index (χ3v) is 3.83. The van der Waals surface area contributed by atoms with Crippen molar-refractivity contribution in [1.82, 2.24) is 10.2 Å². The zero-order valence-corrected chi connectivity index (χ0v) is 13.0. The molecule has 0 spiro atoms. The Morgan fingerprint density at radius 1 is 1.22 bits per heavy atom. The van der Waals surface area contributed by atoms with Gasteiger partial charge < -0.3 is 15.4 Å². The third-order valence-electron chi connectivity index (χ3n) is 3.83. The highest BCUT2D eigenvalue weighted by molar-refractivity contribution is 6.02. The summed E-state index contributed by atoms with van der Waals surface area (Å²) in [5, 5.41) is 14.1. The molecule has 2 unspecified atom stereocenters. The molecule has 1 amide bonds. The molecule has 0 bridgehead atoms. The van der Waals surface area contributed by atoms with Crippen molar-refractivity contribution in [2.24, 2.45) is 0 Å². The van der Waals surface area contributed by atoms with E-state index in [0.29, 0.717) is 5.82 Å². The molecule has 2 N–H and O–H groups in total. The summed E-state index contributed by atoms with van der Waals surface area (Å²) in [6.45, 7) is 2.88. The van der Waals surface area contributed by atoms with E-state index in [-0.39, 0.29) is 23.7 Å². The van der Waals surface area contributed by atoms with Crippen LogP contribution in [0.3, 0.4) is 0 Å². The third kappa shape index (κ3) is 4.04. The molecule has 2 atom stereocenters. The summed E-state index contributed by atoms with van der Waals surface area (Å²) >= 11 is 0. The minimum Gasteiger partial charge on any atom is -0.376 e. The van der Waals surface area contributed by atoms with E-state index in [2.05, 4.69) is 27.8 Å². The van der Waals surface area contributed by atoms with E-state index >= 15 is 0 Å². The summed E-state index contributed by atoms with van der Waals surface area (Å²) in [5.74, 6) is 0.367. The maximum atomic E-state index is 12.1. The molecule has 6 heteroatoms. The highest BCUT2D eigenvalue weighted by Crippen LogP contribution is 2.18. The van der Waals surface area contributed by atoms with Gasteiger partial charge in [0.1, 0.15) is 5.82 Å². The van der Waals surface area contributed by atoms with Crippen molar-refractivity contribution in [1.29, 1.82) is 0 Å². The highest BCUT2D eigenvalue weighted by Gasteiger charge is 2.22. The fraction of sp³-hybridized carbons (Fsp3) is 0.353. The summed E-state index contributed by atoms with van der Waals surface area (Å²) in [7, 11) is 0. The number of rotatable bonds is 5. The molecule has 1 aliphatic rings. The number of aromatic nitrogens is 2. The van der Waals surface area contributed by atoms with Gasteiger partial charge in [0.05, 0.1) is 12.1 Å². The van der Waals surface area contributed by atoms with E-state index in [4.69, 9.17) is 4.74 Å². The van der Waals surface area contributed by atoms with Crippen LogP contribution in [0.4, 0.5) is 11.5 Å². The number of carbonyl (C=O) groups excluding carboxylic acids is 1. The fourth-order valence-corrected chi connectivity index (χ4v) is 2.57. The number of hydrogen-bond acceptors (Lipinski definition) is 5. The molecule has 120 valence electrons. The molecule has 1 fully saturated rings. The standard InChI is InChI=1S/C17H20N4O2/c1-12(15-8-5-11-23-15)18-16-10-9-14(20-21-16)17(22)19-13-6-3-2-4-7-13/h2-4,6-7,9-10,12,15H,5,8,11H2,1H3,(H,18,21)(H,19,22). The smallest absolute Gasteiger partial charge is 0.276 e. The first-order chi connectivity index (χ1) is 11.2. The molecule has 0 radical (unpaired) electrons. The van der Waals surface area contributed by atoms with E-state index in [1.807, 2.05) is 30.3 Å². The van der Waals surface area contributed by atoms with Crippen molar-refractivity contribution in [2.45, 2.75) is 31.9 Å². The van der Waals surface area contributed by atoms with Crippen LogP contribution in [0.15, 0.2) is 42.5 Å². The number of benzene rings is 1. The van der Waals surface area contributed by atoms with Crippen LogP contribution in [0.5, 0.6) is 0 Å². The number of nitrogens with one attached hydrogen (secondary N) is 2. The molecule has 2 aromatic rings. The summed E-state index contributed by atoms with van der Waals surface area (Å²) in [4.78, 5) is 12.1. The Kier molecular flexibility index (Phi) is 4.83. The maximum absolute atomic E-state index is 12.1. The molecule has 1 saturated heterocycles. The lowest BCUT2D eigenvalue weighted by Gasteiger charge is -2.20. The van der Waals surface area contributed by atoms with E-state index in [0.717, 1.165) is 25.1 Å². The van der Waals surface area contributed by atoms with Crippen LogP contribution in [-0.2, 0) is 4.74 Å². The Morgan fingerprint density at radius 2 is 2.04 bits per heavy atom. The van der Waals surface area contributed by atoms with Gasteiger partial charge in [-0.2, -0.15) is 0 Å². The lowest BCUT2D eigenvalue weighted by Crippen LogP contribution is -2.30. The average molecular weight is 312 g/mol. The van der Waals surface area contributed by atoms with Gasteiger partial charge in [-0.1, -0.05) is 18.2 Å². The molecular weight excluding hydrogens is 292 g/mol. The summed E-state index contributed by atoms with van der Waals surface area (Å²) < 4.78 is 5.64. The minimum atomic E-state index is -0.276. The zero-order chi connectivity index (χ0) is 16.1. The van der Waals surface area contributed by atoms with Crippen molar-refractivity contribution < 1.29 is 9.53 Å². The van der Waals surface area contributed by atoms with E-state index in [1.54, 1.807) is 12.1 Å². The minimum absolute atomic E-state index is 0.163. The van der Waals surface area contributed by atoms with Crippen molar-refractivity contribution in [3.63, 3.8) is 0 Å². The quantitative estimate of drug-likeness (QED) is 0.888. The van der Waals surface area contributed by atoms with Crippen molar-refractivity contribution >= 4 is 17.4 Å². The van der Waals surface area contributed by atoms with Gasteiger partial charge >= 0.3 is 0 Å². The molecule has 0 aliphatic carbocycles. The zero-order valence-electron chi connectivity index (χ0n) is 13.0. The SMILES string of the molecule is CC(Nc1ccc(C(=O)Nc2ccccc2)nn1)C1CCCO1. The second-order valence-corrected chi connectivity index (χ2v) is 5.61. The normalized spacial score (nSPS) is 18.4. The summed E-state index contributed by atoms with van der Waals surface area (Å²) in [6.07, 6.45) is 2.36. The molecule has 1 aliphatic heterocycles. The predicted molar refractivity (Wildman–Crippen MR) is 88.5 cm³/mol. The summed E-state index contributed by atoms with van der Waals surface area (Å²) in [6, 6.07) is 12.9. The number of anilines is 2. The lowest BCUT2D eigenvalue weighted by atomic mass is 10.1. The van der Waals surface area contributed by atoms with Crippen LogP contribution in [0.2, 0.25) is 0 Å². The fourth-order valence-electron chi connectivity index (χ4n) is 2.57. The van der Waals surface area contributed by atoms with Crippen LogP contribution in [0, 0.1) is 0 Å². The van der Waals surface area contributed by atoms with Crippen molar-refractivity contribution in [3.05, 3.63) is 48.2 Å². The Balaban J connectivity index is 1.59. The van der Waals surface area contributed by atoms with Crippen LogP contribution in [0.1, 0.15) is 30.3 Å². The van der Waals surface area contributed by atoms with Gasteiger partial charge in [0.2, 0.25) is 0 Å². The number of nitrogens with zero attached hydrogens (tertiary/aromatic N) is 2. The van der Waals surface area contributed by atoms with Crippen LogP contribution >= 0.6 is 0 Å². The average Bonchev–Trinajstić information content (AvgIpc) is 3.11. The number of ether oxygens (including phenoxy) is 1. The molecule has 23 heavy (non-hydrogen) atoms. The molecule has 2 heterocycles. The molecule has 3 rings (SSSR count). The lowest BCUT2D eigenvalue weighted by molar-refractivity contribution is 0.0994. The van der Waals surface area contributed by atoms with Gasteiger partial charge in [-0.3, -0.25) is 4.79 Å². The summed E-state index contributed by atoms with van der Waals surface area (Å²) in [5.41, 5.74) is 1.01. The Morgan fingerprint density at radius 3 is 2.70 bits per heavy atom.